The van der Waals surface area contributed by atoms with Crippen LogP contribution in [0.15, 0.2) is 0 Å². The first kappa shape index (κ1) is 6.62. The summed E-state index contributed by atoms with van der Waals surface area (Å²) in [5.74, 6) is 0.931. The molecule has 0 aromatic rings. The quantitative estimate of drug-likeness (QED) is 0.538. The third kappa shape index (κ3) is 1.18. The molecule has 2 fully saturated rings. The summed E-state index contributed by atoms with van der Waals surface area (Å²) in [6, 6.07) is 0.695. The molecule has 0 aromatic carbocycles. The third-order valence-corrected chi connectivity index (χ3v) is 2.62. The van der Waals surface area contributed by atoms with Gasteiger partial charge in [-0.3, -0.25) is 0 Å². The van der Waals surface area contributed by atoms with Crippen molar-refractivity contribution in [3.05, 3.63) is 0 Å². The second-order valence-corrected chi connectivity index (χ2v) is 3.35. The van der Waals surface area contributed by atoms with Gasteiger partial charge in [0.1, 0.15) is 0 Å². The summed E-state index contributed by atoms with van der Waals surface area (Å²) in [5, 5.41) is 3.39. The van der Waals surface area contributed by atoms with Crippen LogP contribution in [-0.2, 0) is 4.74 Å². The molecule has 10 heavy (non-hydrogen) atoms. The summed E-state index contributed by atoms with van der Waals surface area (Å²) in [6.45, 7) is 3.16. The molecule has 2 heteroatoms. The summed E-state index contributed by atoms with van der Waals surface area (Å²) in [5.41, 5.74) is 0. The van der Waals surface area contributed by atoms with E-state index >= 15 is 0 Å². The minimum absolute atomic E-state index is 0.695. The van der Waals surface area contributed by atoms with Gasteiger partial charge in [-0.15, -0.1) is 0 Å². The molecule has 0 bridgehead atoms. The fourth-order valence-electron chi connectivity index (χ4n) is 1.77. The maximum Gasteiger partial charge on any atom is 0.0622 e. The molecule has 0 amide bonds. The average Bonchev–Trinajstić information content (AvgIpc) is 1.89. The van der Waals surface area contributed by atoms with Crippen LogP contribution >= 0.6 is 0 Å². The molecular formula is C8H15NO. The van der Waals surface area contributed by atoms with Crippen molar-refractivity contribution in [2.75, 3.05) is 19.8 Å². The summed E-state index contributed by atoms with van der Waals surface area (Å²) in [7, 11) is 0. The number of hydrogen-bond donors (Lipinski definition) is 1. The van der Waals surface area contributed by atoms with Crippen molar-refractivity contribution in [2.24, 2.45) is 5.92 Å². The van der Waals surface area contributed by atoms with Crippen LogP contribution < -0.4 is 5.32 Å². The zero-order valence-corrected chi connectivity index (χ0v) is 6.31. The van der Waals surface area contributed by atoms with E-state index in [-0.39, 0.29) is 0 Å². The van der Waals surface area contributed by atoms with E-state index in [1.54, 1.807) is 0 Å². The van der Waals surface area contributed by atoms with E-state index in [1.807, 2.05) is 0 Å². The van der Waals surface area contributed by atoms with Crippen molar-refractivity contribution in [2.45, 2.75) is 25.3 Å². The van der Waals surface area contributed by atoms with Gasteiger partial charge in [-0.2, -0.15) is 0 Å². The van der Waals surface area contributed by atoms with Gasteiger partial charge in [-0.25, -0.2) is 0 Å². The lowest BCUT2D eigenvalue weighted by atomic mass is 9.87. The van der Waals surface area contributed by atoms with Crippen molar-refractivity contribution >= 4 is 0 Å². The van der Waals surface area contributed by atoms with Crippen molar-refractivity contribution in [3.63, 3.8) is 0 Å². The molecule has 2 atom stereocenters. The van der Waals surface area contributed by atoms with Gasteiger partial charge in [-0.05, 0) is 25.3 Å². The lowest BCUT2D eigenvalue weighted by Gasteiger charge is -2.39. The Morgan fingerprint density at radius 2 is 2.30 bits per heavy atom. The molecule has 0 saturated carbocycles. The molecule has 0 spiro atoms. The van der Waals surface area contributed by atoms with Crippen LogP contribution in [-0.4, -0.2) is 25.8 Å². The van der Waals surface area contributed by atoms with Gasteiger partial charge in [-0.1, -0.05) is 6.42 Å². The normalized spacial score (nSPS) is 40.8. The fourth-order valence-corrected chi connectivity index (χ4v) is 1.77. The number of ether oxygens (including phenoxy) is 1. The van der Waals surface area contributed by atoms with E-state index in [0.29, 0.717) is 6.04 Å². The first-order chi connectivity index (χ1) is 4.97. The number of nitrogens with one attached hydrogen (secondary N) is 1. The number of rotatable bonds is 0. The van der Waals surface area contributed by atoms with Gasteiger partial charge in [0.2, 0.25) is 0 Å². The Kier molecular flexibility index (Phi) is 1.91. The first-order valence-electron chi connectivity index (χ1n) is 4.28. The molecule has 2 heterocycles. The summed E-state index contributed by atoms with van der Waals surface area (Å²) < 4.78 is 5.45. The Balaban J connectivity index is 1.83. The predicted molar refractivity (Wildman–Crippen MR) is 40.0 cm³/mol. The molecule has 0 aliphatic carbocycles. The first-order valence-corrected chi connectivity index (χ1v) is 4.28. The highest BCUT2D eigenvalue weighted by Gasteiger charge is 2.30. The van der Waals surface area contributed by atoms with Gasteiger partial charge in [0.25, 0.3) is 0 Å². The minimum atomic E-state index is 0.695. The molecule has 2 aliphatic heterocycles. The Labute approximate surface area is 61.9 Å². The Morgan fingerprint density at radius 1 is 1.30 bits per heavy atom. The van der Waals surface area contributed by atoms with Crippen LogP contribution in [0.1, 0.15) is 19.3 Å². The molecule has 2 unspecified atom stereocenters. The molecule has 0 aromatic heterocycles. The van der Waals surface area contributed by atoms with Crippen LogP contribution in [0.3, 0.4) is 0 Å². The van der Waals surface area contributed by atoms with Gasteiger partial charge < -0.3 is 10.1 Å². The highest BCUT2D eigenvalue weighted by atomic mass is 16.5. The molecule has 2 saturated heterocycles. The molecule has 2 nitrogen and oxygen atoms in total. The fraction of sp³-hybridized carbons (Fsp3) is 1.00. The van der Waals surface area contributed by atoms with Crippen LogP contribution in [0, 0.1) is 5.92 Å². The molecule has 58 valence electrons. The second kappa shape index (κ2) is 2.89. The van der Waals surface area contributed by atoms with E-state index in [4.69, 9.17) is 4.74 Å². The maximum absolute atomic E-state index is 5.45. The van der Waals surface area contributed by atoms with Crippen molar-refractivity contribution in [1.82, 2.24) is 5.32 Å². The standard InChI is InChI=1S/C8H15NO/c1-2-4-10-6-8-7(3-1)5-9-8/h7-9H,1-6H2. The van der Waals surface area contributed by atoms with Crippen LogP contribution in [0.2, 0.25) is 0 Å². The number of fused-ring (bicyclic) bond motifs is 1. The monoisotopic (exact) mass is 141 g/mol. The molecule has 0 radical (unpaired) electrons. The smallest absolute Gasteiger partial charge is 0.0622 e. The lowest BCUT2D eigenvalue weighted by molar-refractivity contribution is 0.0403. The Hall–Kier alpha value is -0.0800. The SMILES string of the molecule is C1CCC2CNC2COC1. The van der Waals surface area contributed by atoms with Gasteiger partial charge >= 0.3 is 0 Å². The molecule has 2 rings (SSSR count). The molecule has 1 N–H and O–H groups in total. The summed E-state index contributed by atoms with van der Waals surface area (Å²) >= 11 is 0. The lowest BCUT2D eigenvalue weighted by Crippen LogP contribution is -2.55. The van der Waals surface area contributed by atoms with Crippen molar-refractivity contribution in [1.29, 1.82) is 0 Å². The highest BCUT2D eigenvalue weighted by molar-refractivity contribution is 4.88. The largest absolute Gasteiger partial charge is 0.380 e. The summed E-state index contributed by atoms with van der Waals surface area (Å²) in [4.78, 5) is 0. The Morgan fingerprint density at radius 3 is 3.10 bits per heavy atom. The second-order valence-electron chi connectivity index (χ2n) is 3.35. The maximum atomic E-state index is 5.45. The van der Waals surface area contributed by atoms with E-state index in [0.717, 1.165) is 19.1 Å². The topological polar surface area (TPSA) is 21.3 Å². The Bertz CT molecular complexity index is 102. The van der Waals surface area contributed by atoms with Crippen LogP contribution in [0.4, 0.5) is 0 Å². The van der Waals surface area contributed by atoms with Crippen LogP contribution in [0.5, 0.6) is 0 Å². The van der Waals surface area contributed by atoms with Gasteiger partial charge in [0, 0.05) is 12.6 Å². The summed E-state index contributed by atoms with van der Waals surface area (Å²) in [6.07, 6.45) is 4.05. The predicted octanol–water partition coefficient (Wildman–Crippen LogP) is 0.775. The minimum Gasteiger partial charge on any atom is -0.380 e. The third-order valence-electron chi connectivity index (χ3n) is 2.62. The van der Waals surface area contributed by atoms with Gasteiger partial charge in [0.05, 0.1) is 6.61 Å². The molecule has 2 aliphatic rings. The number of hydrogen-bond acceptors (Lipinski definition) is 2. The average molecular weight is 141 g/mol. The van der Waals surface area contributed by atoms with Crippen LogP contribution in [0.25, 0.3) is 0 Å². The van der Waals surface area contributed by atoms with E-state index in [1.165, 1.54) is 25.8 Å². The van der Waals surface area contributed by atoms with Crippen molar-refractivity contribution in [3.8, 4) is 0 Å². The van der Waals surface area contributed by atoms with Gasteiger partial charge in [0.15, 0.2) is 0 Å². The van der Waals surface area contributed by atoms with Crippen molar-refractivity contribution < 1.29 is 4.74 Å². The zero-order chi connectivity index (χ0) is 6.81. The van der Waals surface area contributed by atoms with E-state index < -0.39 is 0 Å². The van der Waals surface area contributed by atoms with E-state index in [2.05, 4.69) is 5.32 Å². The zero-order valence-electron chi connectivity index (χ0n) is 6.31. The molecular weight excluding hydrogens is 126 g/mol. The highest BCUT2D eigenvalue weighted by Crippen LogP contribution is 2.22. The van der Waals surface area contributed by atoms with E-state index in [9.17, 15) is 0 Å².